The summed E-state index contributed by atoms with van der Waals surface area (Å²) in [6, 6.07) is 0. The third kappa shape index (κ3) is 0.891. The van der Waals surface area contributed by atoms with E-state index < -0.39 is 0 Å². The van der Waals surface area contributed by atoms with Crippen LogP contribution in [-0.2, 0) is 4.74 Å². The summed E-state index contributed by atoms with van der Waals surface area (Å²) < 4.78 is 5.57. The summed E-state index contributed by atoms with van der Waals surface area (Å²) in [4.78, 5) is 0. The lowest BCUT2D eigenvalue weighted by Crippen LogP contribution is -2.22. The first kappa shape index (κ1) is 6.41. The molecule has 1 saturated carbocycles. The third-order valence-corrected chi connectivity index (χ3v) is 2.69. The van der Waals surface area contributed by atoms with Gasteiger partial charge >= 0.3 is 0 Å². The summed E-state index contributed by atoms with van der Waals surface area (Å²) >= 11 is 0. The number of hydrogen-bond donors (Lipinski definition) is 0. The van der Waals surface area contributed by atoms with Crippen LogP contribution in [0.25, 0.3) is 0 Å². The molecule has 1 heterocycles. The van der Waals surface area contributed by atoms with Gasteiger partial charge in [-0.25, -0.2) is 0 Å². The number of rotatable bonds is 0. The van der Waals surface area contributed by atoms with Gasteiger partial charge in [-0.15, -0.1) is 0 Å². The molecule has 0 amide bonds. The molecule has 2 fully saturated rings. The molecule has 56 valence electrons. The van der Waals surface area contributed by atoms with Crippen LogP contribution in [0.15, 0.2) is 12.2 Å². The van der Waals surface area contributed by atoms with Crippen molar-refractivity contribution >= 4 is 0 Å². The molecule has 0 bridgehead atoms. The van der Waals surface area contributed by atoms with E-state index in [0.717, 1.165) is 12.5 Å². The van der Waals surface area contributed by atoms with Crippen molar-refractivity contribution in [1.29, 1.82) is 0 Å². The van der Waals surface area contributed by atoms with E-state index in [1.54, 1.807) is 0 Å². The monoisotopic (exact) mass is 138 g/mol. The fourth-order valence-electron chi connectivity index (χ4n) is 2.11. The average molecular weight is 138 g/mol. The van der Waals surface area contributed by atoms with E-state index in [0.29, 0.717) is 6.10 Å². The molecular weight excluding hydrogens is 124 g/mol. The van der Waals surface area contributed by atoms with E-state index in [1.807, 2.05) is 0 Å². The highest BCUT2D eigenvalue weighted by atomic mass is 16.5. The van der Waals surface area contributed by atoms with Gasteiger partial charge in [0.25, 0.3) is 0 Å². The summed E-state index contributed by atoms with van der Waals surface area (Å²) in [5, 5.41) is 0. The fourth-order valence-corrected chi connectivity index (χ4v) is 2.11. The summed E-state index contributed by atoms with van der Waals surface area (Å²) in [6.07, 6.45) is 5.60. The largest absolute Gasteiger partial charge is 0.374 e. The van der Waals surface area contributed by atoms with Crippen molar-refractivity contribution in [1.82, 2.24) is 0 Å². The number of fused-ring (bicyclic) bond motifs is 1. The standard InChI is InChI=1S/C9H14O/c1-7-3-2-4-8-5-6-10-9(7)8/h8-9H,1-6H2. The van der Waals surface area contributed by atoms with Gasteiger partial charge in [0.2, 0.25) is 0 Å². The predicted molar refractivity (Wildman–Crippen MR) is 40.8 cm³/mol. The average Bonchev–Trinajstić information content (AvgIpc) is 2.36. The van der Waals surface area contributed by atoms with Crippen LogP contribution < -0.4 is 0 Å². The Labute approximate surface area is 62.1 Å². The Balaban J connectivity index is 2.10. The minimum atomic E-state index is 0.439. The van der Waals surface area contributed by atoms with Gasteiger partial charge in [0.1, 0.15) is 0 Å². The smallest absolute Gasteiger partial charge is 0.0811 e. The van der Waals surface area contributed by atoms with Gasteiger partial charge in [-0.05, 0) is 37.2 Å². The summed E-state index contributed by atoms with van der Waals surface area (Å²) in [5.74, 6) is 0.821. The predicted octanol–water partition coefficient (Wildman–Crippen LogP) is 2.13. The van der Waals surface area contributed by atoms with E-state index in [1.165, 1.54) is 31.3 Å². The Morgan fingerprint density at radius 3 is 3.10 bits per heavy atom. The van der Waals surface area contributed by atoms with Gasteiger partial charge in [-0.1, -0.05) is 6.58 Å². The maximum absolute atomic E-state index is 5.57. The van der Waals surface area contributed by atoms with Gasteiger partial charge < -0.3 is 4.74 Å². The van der Waals surface area contributed by atoms with E-state index in [-0.39, 0.29) is 0 Å². The lowest BCUT2D eigenvalue weighted by Gasteiger charge is -2.25. The summed E-state index contributed by atoms with van der Waals surface area (Å²) in [7, 11) is 0. The summed E-state index contributed by atoms with van der Waals surface area (Å²) in [6.45, 7) is 5.00. The molecule has 2 unspecified atom stereocenters. The second kappa shape index (κ2) is 2.39. The Hall–Kier alpha value is -0.300. The molecule has 0 aromatic heterocycles. The fraction of sp³-hybridized carbons (Fsp3) is 0.778. The lowest BCUT2D eigenvalue weighted by molar-refractivity contribution is 0.105. The molecule has 0 aromatic rings. The topological polar surface area (TPSA) is 9.23 Å². The van der Waals surface area contributed by atoms with Crippen LogP contribution in [0.4, 0.5) is 0 Å². The Morgan fingerprint density at radius 1 is 1.40 bits per heavy atom. The number of ether oxygens (including phenoxy) is 1. The van der Waals surface area contributed by atoms with E-state index in [2.05, 4.69) is 6.58 Å². The van der Waals surface area contributed by atoms with Crippen LogP contribution in [0, 0.1) is 5.92 Å². The van der Waals surface area contributed by atoms with Crippen LogP contribution in [-0.4, -0.2) is 12.7 Å². The van der Waals surface area contributed by atoms with Crippen molar-refractivity contribution in [3.05, 3.63) is 12.2 Å². The normalized spacial score (nSPS) is 39.8. The van der Waals surface area contributed by atoms with E-state index in [4.69, 9.17) is 4.74 Å². The molecule has 1 heteroatoms. The molecule has 0 spiro atoms. The molecule has 1 aliphatic carbocycles. The van der Waals surface area contributed by atoms with Gasteiger partial charge in [0.15, 0.2) is 0 Å². The second-order valence-corrected chi connectivity index (χ2v) is 3.39. The first-order valence-electron chi connectivity index (χ1n) is 4.17. The van der Waals surface area contributed by atoms with Gasteiger partial charge in [0, 0.05) is 6.61 Å². The molecule has 2 aliphatic rings. The highest BCUT2D eigenvalue weighted by Gasteiger charge is 2.32. The molecule has 0 N–H and O–H groups in total. The zero-order valence-electron chi connectivity index (χ0n) is 6.31. The van der Waals surface area contributed by atoms with Crippen LogP contribution in [0.3, 0.4) is 0 Å². The first-order chi connectivity index (χ1) is 4.88. The lowest BCUT2D eigenvalue weighted by atomic mass is 9.83. The van der Waals surface area contributed by atoms with Gasteiger partial charge in [-0.2, -0.15) is 0 Å². The van der Waals surface area contributed by atoms with Crippen molar-refractivity contribution < 1.29 is 4.74 Å². The van der Waals surface area contributed by atoms with Crippen molar-refractivity contribution in [2.75, 3.05) is 6.61 Å². The van der Waals surface area contributed by atoms with E-state index >= 15 is 0 Å². The second-order valence-electron chi connectivity index (χ2n) is 3.39. The molecule has 0 aromatic carbocycles. The van der Waals surface area contributed by atoms with Gasteiger partial charge in [0.05, 0.1) is 6.10 Å². The van der Waals surface area contributed by atoms with Crippen LogP contribution in [0.5, 0.6) is 0 Å². The maximum atomic E-state index is 5.57. The number of hydrogen-bond acceptors (Lipinski definition) is 1. The quantitative estimate of drug-likeness (QED) is 0.466. The highest BCUT2D eigenvalue weighted by molar-refractivity contribution is 5.09. The van der Waals surface area contributed by atoms with Crippen LogP contribution >= 0.6 is 0 Å². The Kier molecular flexibility index (Phi) is 1.53. The SMILES string of the molecule is C=C1CCCC2CCOC12. The molecule has 0 radical (unpaired) electrons. The van der Waals surface area contributed by atoms with Crippen molar-refractivity contribution in [3.63, 3.8) is 0 Å². The Bertz CT molecular complexity index is 151. The Morgan fingerprint density at radius 2 is 2.30 bits per heavy atom. The molecule has 2 rings (SSSR count). The zero-order chi connectivity index (χ0) is 6.97. The maximum Gasteiger partial charge on any atom is 0.0811 e. The van der Waals surface area contributed by atoms with E-state index in [9.17, 15) is 0 Å². The van der Waals surface area contributed by atoms with Crippen molar-refractivity contribution in [2.24, 2.45) is 5.92 Å². The molecule has 1 aliphatic heterocycles. The molecule has 1 saturated heterocycles. The van der Waals surface area contributed by atoms with Crippen molar-refractivity contribution in [2.45, 2.75) is 31.8 Å². The van der Waals surface area contributed by atoms with Crippen LogP contribution in [0.2, 0.25) is 0 Å². The minimum absolute atomic E-state index is 0.439. The molecular formula is C9H14O. The van der Waals surface area contributed by atoms with Gasteiger partial charge in [-0.3, -0.25) is 0 Å². The highest BCUT2D eigenvalue weighted by Crippen LogP contribution is 2.36. The summed E-state index contributed by atoms with van der Waals surface area (Å²) in [5.41, 5.74) is 1.34. The van der Waals surface area contributed by atoms with Crippen LogP contribution in [0.1, 0.15) is 25.7 Å². The molecule has 10 heavy (non-hydrogen) atoms. The minimum Gasteiger partial charge on any atom is -0.374 e. The molecule has 2 atom stereocenters. The molecule has 1 nitrogen and oxygen atoms in total. The van der Waals surface area contributed by atoms with Crippen molar-refractivity contribution in [3.8, 4) is 0 Å². The third-order valence-electron chi connectivity index (χ3n) is 2.69. The first-order valence-corrected chi connectivity index (χ1v) is 4.17. The zero-order valence-corrected chi connectivity index (χ0v) is 6.31.